The Hall–Kier alpha value is -2.02. The van der Waals surface area contributed by atoms with E-state index < -0.39 is 0 Å². The molecule has 2 fully saturated rings. The van der Waals surface area contributed by atoms with Crippen molar-refractivity contribution >= 4 is 35.2 Å². The molecular weight excluding hydrogens is 398 g/mol. The predicted octanol–water partition coefficient (Wildman–Crippen LogP) is 3.16. The molecule has 0 aliphatic carbocycles. The van der Waals surface area contributed by atoms with Crippen LogP contribution in [0, 0.1) is 18.8 Å². The van der Waals surface area contributed by atoms with Gasteiger partial charge in [0.2, 0.25) is 17.7 Å². The molecule has 1 aromatic carbocycles. The summed E-state index contributed by atoms with van der Waals surface area (Å²) >= 11 is 1.34. The number of nitrogens with zero attached hydrogens (tertiary/aromatic N) is 2. The van der Waals surface area contributed by atoms with Crippen molar-refractivity contribution in [1.29, 1.82) is 0 Å². The number of hydrogen-bond donors (Lipinski definition) is 1. The lowest BCUT2D eigenvalue weighted by Crippen LogP contribution is -2.47. The maximum Gasteiger partial charge on any atom is 0.234 e. The minimum absolute atomic E-state index is 0.0482. The second-order valence-electron chi connectivity index (χ2n) is 8.60. The van der Waals surface area contributed by atoms with E-state index in [0.29, 0.717) is 24.8 Å². The highest BCUT2D eigenvalue weighted by Crippen LogP contribution is 2.24. The van der Waals surface area contributed by atoms with Crippen LogP contribution in [0.3, 0.4) is 0 Å². The van der Waals surface area contributed by atoms with Crippen LogP contribution in [-0.4, -0.2) is 65.2 Å². The third-order valence-corrected chi connectivity index (χ3v) is 6.84. The Morgan fingerprint density at radius 1 is 1.07 bits per heavy atom. The van der Waals surface area contributed by atoms with Gasteiger partial charge in [-0.3, -0.25) is 14.4 Å². The number of carbonyl (C=O) groups is 3. The number of thioether (sulfide) groups is 1. The molecule has 30 heavy (non-hydrogen) atoms. The lowest BCUT2D eigenvalue weighted by atomic mass is 9.93. The van der Waals surface area contributed by atoms with E-state index >= 15 is 0 Å². The smallest absolute Gasteiger partial charge is 0.234 e. The lowest BCUT2D eigenvalue weighted by Gasteiger charge is -2.37. The zero-order chi connectivity index (χ0) is 21.5. The normalized spacial score (nSPS) is 20.1. The molecular formula is C23H33N3O3S. The molecule has 1 N–H and O–H groups in total. The third kappa shape index (κ3) is 6.49. The summed E-state index contributed by atoms with van der Waals surface area (Å²) in [7, 11) is 0. The number of hydrogen-bond acceptors (Lipinski definition) is 4. The monoisotopic (exact) mass is 431 g/mol. The van der Waals surface area contributed by atoms with Gasteiger partial charge in [0.05, 0.1) is 11.5 Å². The van der Waals surface area contributed by atoms with Gasteiger partial charge >= 0.3 is 0 Å². The molecule has 2 saturated heterocycles. The fourth-order valence-corrected chi connectivity index (χ4v) is 4.98. The Morgan fingerprint density at radius 3 is 2.53 bits per heavy atom. The summed E-state index contributed by atoms with van der Waals surface area (Å²) in [6, 6.07) is 7.66. The molecule has 2 aliphatic rings. The summed E-state index contributed by atoms with van der Waals surface area (Å²) in [4.78, 5) is 41.2. The average molecular weight is 432 g/mol. The number of amides is 3. The van der Waals surface area contributed by atoms with Gasteiger partial charge in [-0.1, -0.05) is 19.1 Å². The number of aryl methyl sites for hydroxylation is 1. The molecule has 0 aromatic heterocycles. The molecule has 0 radical (unpaired) electrons. The molecule has 1 atom stereocenters. The molecule has 1 unspecified atom stereocenters. The first-order chi connectivity index (χ1) is 14.4. The van der Waals surface area contributed by atoms with Crippen LogP contribution in [0.5, 0.6) is 0 Å². The SMILES string of the molecule is Cc1cccc(NC(=O)CSCC(=O)N2CCC(C(=O)N3CCCC(C)C3)CC2)c1. The molecule has 1 aromatic rings. The van der Waals surface area contributed by atoms with E-state index in [1.165, 1.54) is 18.2 Å². The fourth-order valence-electron chi connectivity index (χ4n) is 4.27. The van der Waals surface area contributed by atoms with Crippen LogP contribution >= 0.6 is 11.8 Å². The summed E-state index contributed by atoms with van der Waals surface area (Å²) in [5.74, 6) is 1.41. The third-order valence-electron chi connectivity index (χ3n) is 5.93. The molecule has 2 heterocycles. The summed E-state index contributed by atoms with van der Waals surface area (Å²) in [5.41, 5.74) is 1.87. The van der Waals surface area contributed by atoms with E-state index in [1.54, 1.807) is 0 Å². The van der Waals surface area contributed by atoms with Gasteiger partial charge in [0, 0.05) is 37.8 Å². The number of anilines is 1. The van der Waals surface area contributed by atoms with Crippen LogP contribution in [0.25, 0.3) is 0 Å². The van der Waals surface area contributed by atoms with Gasteiger partial charge in [-0.15, -0.1) is 11.8 Å². The Labute approximate surface area is 183 Å². The second kappa shape index (κ2) is 10.8. The fraction of sp³-hybridized carbons (Fsp3) is 0.609. The van der Waals surface area contributed by atoms with Gasteiger partial charge in [-0.25, -0.2) is 0 Å². The van der Waals surface area contributed by atoms with E-state index in [-0.39, 0.29) is 29.4 Å². The van der Waals surface area contributed by atoms with E-state index in [0.717, 1.165) is 43.6 Å². The van der Waals surface area contributed by atoms with Gasteiger partial charge < -0.3 is 15.1 Å². The Morgan fingerprint density at radius 2 is 1.83 bits per heavy atom. The van der Waals surface area contributed by atoms with Crippen LogP contribution in [0.4, 0.5) is 5.69 Å². The molecule has 2 aliphatic heterocycles. The molecule has 7 heteroatoms. The Bertz CT molecular complexity index is 762. The van der Waals surface area contributed by atoms with E-state index in [1.807, 2.05) is 41.0 Å². The number of carbonyl (C=O) groups excluding carboxylic acids is 3. The number of benzene rings is 1. The minimum Gasteiger partial charge on any atom is -0.342 e. The molecule has 0 bridgehead atoms. The first kappa shape index (κ1) is 22.7. The Balaban J connectivity index is 1.35. The van der Waals surface area contributed by atoms with Gasteiger partial charge in [0.15, 0.2) is 0 Å². The van der Waals surface area contributed by atoms with Crippen molar-refractivity contribution in [3.05, 3.63) is 29.8 Å². The van der Waals surface area contributed by atoms with E-state index in [9.17, 15) is 14.4 Å². The lowest BCUT2D eigenvalue weighted by molar-refractivity contribution is -0.141. The molecule has 0 saturated carbocycles. The van der Waals surface area contributed by atoms with Crippen molar-refractivity contribution < 1.29 is 14.4 Å². The standard InChI is InChI=1S/C23H33N3O3S/c1-17-5-3-7-20(13-17)24-21(27)15-30-16-22(28)25-11-8-19(9-12-25)23(29)26-10-4-6-18(2)14-26/h3,5,7,13,18-19H,4,6,8-12,14-16H2,1-2H3,(H,24,27). The van der Waals surface area contributed by atoms with Gasteiger partial charge in [0.25, 0.3) is 0 Å². The largest absolute Gasteiger partial charge is 0.342 e. The summed E-state index contributed by atoms with van der Waals surface area (Å²) in [6.45, 7) is 7.21. The number of nitrogens with one attached hydrogen (secondary N) is 1. The van der Waals surface area contributed by atoms with Crippen LogP contribution in [0.2, 0.25) is 0 Å². The second-order valence-corrected chi connectivity index (χ2v) is 9.58. The number of likely N-dealkylation sites (tertiary alicyclic amines) is 2. The highest BCUT2D eigenvalue weighted by molar-refractivity contribution is 8.00. The van der Waals surface area contributed by atoms with E-state index in [4.69, 9.17) is 0 Å². The van der Waals surface area contributed by atoms with Crippen molar-refractivity contribution in [3.63, 3.8) is 0 Å². The van der Waals surface area contributed by atoms with Crippen molar-refractivity contribution in [3.8, 4) is 0 Å². The molecule has 164 valence electrons. The van der Waals surface area contributed by atoms with Gasteiger partial charge in [0.1, 0.15) is 0 Å². The van der Waals surface area contributed by atoms with Crippen LogP contribution < -0.4 is 5.32 Å². The first-order valence-electron chi connectivity index (χ1n) is 10.9. The molecule has 3 rings (SSSR count). The Kier molecular flexibility index (Phi) is 8.19. The van der Waals surface area contributed by atoms with E-state index in [2.05, 4.69) is 12.2 Å². The average Bonchev–Trinajstić information content (AvgIpc) is 2.73. The zero-order valence-electron chi connectivity index (χ0n) is 18.1. The van der Waals surface area contributed by atoms with Crippen LogP contribution in [-0.2, 0) is 14.4 Å². The molecule has 3 amide bonds. The van der Waals surface area contributed by atoms with Crippen LogP contribution in [0.1, 0.15) is 38.2 Å². The molecule has 0 spiro atoms. The van der Waals surface area contributed by atoms with Crippen molar-refractivity contribution in [2.75, 3.05) is 43.0 Å². The summed E-state index contributed by atoms with van der Waals surface area (Å²) in [6.07, 6.45) is 3.79. The van der Waals surface area contributed by atoms with Crippen molar-refractivity contribution in [1.82, 2.24) is 9.80 Å². The first-order valence-corrected chi connectivity index (χ1v) is 12.1. The quantitative estimate of drug-likeness (QED) is 0.751. The van der Waals surface area contributed by atoms with Crippen molar-refractivity contribution in [2.45, 2.75) is 39.5 Å². The topological polar surface area (TPSA) is 69.7 Å². The van der Waals surface area contributed by atoms with Crippen molar-refractivity contribution in [2.24, 2.45) is 11.8 Å². The van der Waals surface area contributed by atoms with Gasteiger partial charge in [-0.2, -0.15) is 0 Å². The van der Waals surface area contributed by atoms with Crippen LogP contribution in [0.15, 0.2) is 24.3 Å². The van der Waals surface area contributed by atoms with Gasteiger partial charge in [-0.05, 0) is 56.2 Å². The maximum absolute atomic E-state index is 12.8. The number of piperidine rings is 2. The zero-order valence-corrected chi connectivity index (χ0v) is 18.9. The highest BCUT2D eigenvalue weighted by atomic mass is 32.2. The summed E-state index contributed by atoms with van der Waals surface area (Å²) < 4.78 is 0. The maximum atomic E-state index is 12.8. The minimum atomic E-state index is -0.0986. The highest BCUT2D eigenvalue weighted by Gasteiger charge is 2.31. The predicted molar refractivity (Wildman–Crippen MR) is 121 cm³/mol. The number of rotatable bonds is 6. The summed E-state index contributed by atoms with van der Waals surface area (Å²) in [5, 5.41) is 2.86. The molecule has 6 nitrogen and oxygen atoms in total.